The molecule has 1 fully saturated rings. The van der Waals surface area contributed by atoms with Gasteiger partial charge in [-0.1, -0.05) is 0 Å². The normalized spacial score (nSPS) is 18.8. The van der Waals surface area contributed by atoms with Gasteiger partial charge in [-0.3, -0.25) is 10.1 Å². The molecule has 0 aromatic heterocycles. The summed E-state index contributed by atoms with van der Waals surface area (Å²) in [5.41, 5.74) is 0.590. The smallest absolute Gasteiger partial charge is 0.271 e. The highest BCUT2D eigenvalue weighted by Gasteiger charge is 2.23. The van der Waals surface area contributed by atoms with Crippen LogP contribution in [0.1, 0.15) is 24.4 Å². The third-order valence-electron chi connectivity index (χ3n) is 2.72. The number of phenolic OH excluding ortho intramolecular Hbond substituents is 1. The van der Waals surface area contributed by atoms with E-state index in [1.54, 1.807) is 0 Å². The van der Waals surface area contributed by atoms with Crippen LogP contribution >= 0.6 is 28.3 Å². The number of benzene rings is 1. The van der Waals surface area contributed by atoms with Gasteiger partial charge < -0.3 is 10.4 Å². The first-order valence-electron chi connectivity index (χ1n) is 5.00. The van der Waals surface area contributed by atoms with Crippen molar-refractivity contribution >= 4 is 34.0 Å². The minimum Gasteiger partial charge on any atom is -0.506 e. The number of nitrogens with zero attached hydrogens (tertiary/aromatic N) is 1. The fraction of sp³-hybridized carbons (Fsp3) is 0.400. The molecule has 0 amide bonds. The number of halogens is 2. The summed E-state index contributed by atoms with van der Waals surface area (Å²) in [6, 6.07) is 2.76. The lowest BCUT2D eigenvalue weighted by atomic mass is 10.0. The molecule has 2 rings (SSSR count). The summed E-state index contributed by atoms with van der Waals surface area (Å²) in [4.78, 5) is 10.3. The molecular weight excluding hydrogens is 311 g/mol. The Morgan fingerprint density at radius 3 is 2.76 bits per heavy atom. The minimum atomic E-state index is -0.456. The Balaban J connectivity index is 0.00000144. The zero-order valence-corrected chi connectivity index (χ0v) is 11.3. The highest BCUT2D eigenvalue weighted by molar-refractivity contribution is 9.10. The molecule has 0 aliphatic carbocycles. The zero-order valence-electron chi connectivity index (χ0n) is 8.85. The van der Waals surface area contributed by atoms with Gasteiger partial charge in [-0.05, 0) is 35.3 Å². The number of hydrogen-bond donors (Lipinski definition) is 2. The highest BCUT2D eigenvalue weighted by atomic mass is 79.9. The molecule has 7 heteroatoms. The maximum Gasteiger partial charge on any atom is 0.271 e. The first-order valence-corrected chi connectivity index (χ1v) is 5.79. The second kappa shape index (κ2) is 5.66. The number of hydrogen-bond acceptors (Lipinski definition) is 4. The number of phenols is 1. The molecule has 1 aromatic carbocycles. The highest BCUT2D eigenvalue weighted by Crippen LogP contribution is 2.38. The van der Waals surface area contributed by atoms with Crippen LogP contribution in [0, 0.1) is 10.1 Å². The van der Waals surface area contributed by atoms with Crippen molar-refractivity contribution in [3.05, 3.63) is 32.3 Å². The van der Waals surface area contributed by atoms with Gasteiger partial charge in [0, 0.05) is 23.7 Å². The van der Waals surface area contributed by atoms with Crippen molar-refractivity contribution in [2.75, 3.05) is 6.54 Å². The Labute approximate surface area is 113 Å². The molecule has 1 aromatic rings. The monoisotopic (exact) mass is 322 g/mol. The molecule has 2 N–H and O–H groups in total. The van der Waals surface area contributed by atoms with Crippen molar-refractivity contribution < 1.29 is 10.0 Å². The zero-order chi connectivity index (χ0) is 11.7. The topological polar surface area (TPSA) is 75.4 Å². The summed E-state index contributed by atoms with van der Waals surface area (Å²) in [5.74, 6) is 0.0880. The van der Waals surface area contributed by atoms with E-state index in [1.165, 1.54) is 12.1 Å². The average molecular weight is 324 g/mol. The predicted octanol–water partition coefficient (Wildman–Crippen LogP) is 2.91. The minimum absolute atomic E-state index is 0. The number of nitrogens with one attached hydrogen (secondary N) is 1. The van der Waals surface area contributed by atoms with E-state index < -0.39 is 4.92 Å². The van der Waals surface area contributed by atoms with Crippen LogP contribution in [-0.2, 0) is 0 Å². The summed E-state index contributed by atoms with van der Waals surface area (Å²) in [7, 11) is 0. The van der Waals surface area contributed by atoms with E-state index in [1.807, 2.05) is 0 Å². The van der Waals surface area contributed by atoms with Crippen molar-refractivity contribution in [2.24, 2.45) is 0 Å². The molecule has 94 valence electrons. The van der Waals surface area contributed by atoms with Crippen LogP contribution in [0.5, 0.6) is 5.75 Å². The number of non-ortho nitro benzene ring substituents is 1. The first-order chi connectivity index (χ1) is 7.59. The van der Waals surface area contributed by atoms with Crippen molar-refractivity contribution in [3.8, 4) is 5.75 Å². The third kappa shape index (κ3) is 2.88. The van der Waals surface area contributed by atoms with Gasteiger partial charge in [-0.25, -0.2) is 0 Å². The van der Waals surface area contributed by atoms with Crippen LogP contribution in [0.15, 0.2) is 16.6 Å². The van der Waals surface area contributed by atoms with E-state index in [4.69, 9.17) is 0 Å². The molecule has 0 bridgehead atoms. The maximum absolute atomic E-state index is 10.7. The quantitative estimate of drug-likeness (QED) is 0.648. The maximum atomic E-state index is 10.7. The molecular formula is C10H12BrClN2O3. The fourth-order valence-electron chi connectivity index (χ4n) is 1.93. The van der Waals surface area contributed by atoms with E-state index >= 15 is 0 Å². The van der Waals surface area contributed by atoms with Gasteiger partial charge in [0.15, 0.2) is 0 Å². The second-order valence-corrected chi connectivity index (χ2v) is 4.63. The van der Waals surface area contributed by atoms with Gasteiger partial charge in [0.25, 0.3) is 5.69 Å². The van der Waals surface area contributed by atoms with Crippen LogP contribution in [0.4, 0.5) is 5.69 Å². The Kier molecular flexibility index (Phi) is 4.73. The van der Waals surface area contributed by atoms with Crippen molar-refractivity contribution in [3.63, 3.8) is 0 Å². The van der Waals surface area contributed by atoms with Crippen LogP contribution in [0.2, 0.25) is 0 Å². The summed E-state index contributed by atoms with van der Waals surface area (Å²) >= 11 is 3.13. The lowest BCUT2D eigenvalue weighted by Crippen LogP contribution is -2.13. The lowest BCUT2D eigenvalue weighted by Gasteiger charge is -2.13. The van der Waals surface area contributed by atoms with E-state index in [9.17, 15) is 15.2 Å². The van der Waals surface area contributed by atoms with Crippen LogP contribution in [0.25, 0.3) is 0 Å². The van der Waals surface area contributed by atoms with Gasteiger partial charge in [-0.15, -0.1) is 12.4 Å². The number of nitro benzene ring substituents is 1. The van der Waals surface area contributed by atoms with Crippen molar-refractivity contribution in [1.29, 1.82) is 0 Å². The van der Waals surface area contributed by atoms with E-state index in [0.717, 1.165) is 19.4 Å². The van der Waals surface area contributed by atoms with E-state index in [0.29, 0.717) is 10.0 Å². The Morgan fingerprint density at radius 1 is 1.53 bits per heavy atom. The van der Waals surface area contributed by atoms with E-state index in [-0.39, 0.29) is 29.9 Å². The molecule has 5 nitrogen and oxygen atoms in total. The predicted molar refractivity (Wildman–Crippen MR) is 69.7 cm³/mol. The molecule has 17 heavy (non-hydrogen) atoms. The summed E-state index contributed by atoms with van der Waals surface area (Å²) in [6.07, 6.45) is 1.91. The Hall–Kier alpha value is -0.850. The summed E-state index contributed by atoms with van der Waals surface area (Å²) in [5, 5.41) is 23.8. The number of aromatic hydroxyl groups is 1. The standard InChI is InChI=1S/C10H11BrN2O3.ClH/c11-8-5-6(13(15)16)4-7(10(8)14)9-2-1-3-12-9;/h4-5,9,12,14H,1-3H2;1H/t9-;/m1./s1. The second-order valence-electron chi connectivity index (χ2n) is 3.77. The summed E-state index contributed by atoms with van der Waals surface area (Å²) < 4.78 is 0.366. The van der Waals surface area contributed by atoms with Gasteiger partial charge >= 0.3 is 0 Å². The van der Waals surface area contributed by atoms with Crippen LogP contribution in [-0.4, -0.2) is 16.6 Å². The van der Waals surface area contributed by atoms with Gasteiger partial charge in [0.1, 0.15) is 5.75 Å². The summed E-state index contributed by atoms with van der Waals surface area (Å²) in [6.45, 7) is 0.879. The van der Waals surface area contributed by atoms with Gasteiger partial charge in [0.2, 0.25) is 0 Å². The van der Waals surface area contributed by atoms with Crippen LogP contribution in [0.3, 0.4) is 0 Å². The molecule has 1 aliphatic rings. The van der Waals surface area contributed by atoms with Gasteiger partial charge in [-0.2, -0.15) is 0 Å². The number of nitro groups is 1. The Morgan fingerprint density at radius 2 is 2.24 bits per heavy atom. The Bertz CT molecular complexity index is 436. The SMILES string of the molecule is Cl.O=[N+]([O-])c1cc(Br)c(O)c([C@H]2CCCN2)c1. The molecule has 0 unspecified atom stereocenters. The average Bonchev–Trinajstić information content (AvgIpc) is 2.74. The van der Waals surface area contributed by atoms with Crippen molar-refractivity contribution in [2.45, 2.75) is 18.9 Å². The third-order valence-corrected chi connectivity index (χ3v) is 3.33. The molecule has 0 radical (unpaired) electrons. The molecule has 1 atom stereocenters. The fourth-order valence-corrected chi connectivity index (χ4v) is 2.39. The largest absolute Gasteiger partial charge is 0.506 e. The molecule has 0 saturated carbocycles. The van der Waals surface area contributed by atoms with Gasteiger partial charge in [0.05, 0.1) is 9.40 Å². The molecule has 1 aliphatic heterocycles. The first kappa shape index (κ1) is 14.2. The molecule has 1 saturated heterocycles. The lowest BCUT2D eigenvalue weighted by molar-refractivity contribution is -0.385. The number of rotatable bonds is 2. The molecule has 0 spiro atoms. The van der Waals surface area contributed by atoms with Crippen LogP contribution < -0.4 is 5.32 Å². The van der Waals surface area contributed by atoms with Crippen molar-refractivity contribution in [1.82, 2.24) is 5.32 Å². The molecule has 1 heterocycles. The van der Waals surface area contributed by atoms with E-state index in [2.05, 4.69) is 21.2 Å².